The van der Waals surface area contributed by atoms with E-state index in [0.717, 1.165) is 16.5 Å². The van der Waals surface area contributed by atoms with E-state index >= 15 is 0 Å². The molecule has 0 aromatic carbocycles. The lowest BCUT2D eigenvalue weighted by atomic mass is 10.1. The number of esters is 1. The fourth-order valence-corrected chi connectivity index (χ4v) is 2.99. The van der Waals surface area contributed by atoms with Gasteiger partial charge in [0.05, 0.1) is 16.8 Å². The van der Waals surface area contributed by atoms with Gasteiger partial charge < -0.3 is 15.5 Å². The summed E-state index contributed by atoms with van der Waals surface area (Å²) in [5.41, 5.74) is 7.18. The molecule has 0 spiro atoms. The first-order chi connectivity index (χ1) is 15.0. The average Bonchev–Trinajstić information content (AvgIpc) is 2.75. The molecule has 0 saturated heterocycles. The maximum Gasteiger partial charge on any atom is 0.398 e. The van der Waals surface area contributed by atoms with Crippen molar-refractivity contribution >= 4 is 45.7 Å². The molecule has 0 aliphatic rings. The zero-order valence-electron chi connectivity index (χ0n) is 17.2. The van der Waals surface area contributed by atoms with Crippen molar-refractivity contribution in [1.82, 2.24) is 20.4 Å². The predicted octanol–water partition coefficient (Wildman–Crippen LogP) is 2.78. The molecule has 1 amide bonds. The Bertz CT molecular complexity index is 966. The molecule has 2 aromatic rings. The number of allylic oxidation sites excluding steroid dienone is 2. The normalized spacial score (nSPS) is 10.9. The van der Waals surface area contributed by atoms with Gasteiger partial charge in [0.1, 0.15) is 12.1 Å². The Balaban J connectivity index is 2.24. The largest absolute Gasteiger partial charge is 0.459 e. The molecule has 0 atom stereocenters. The number of rotatable bonds is 10. The standard InChI is InChI=1S/C20H24BrN7O3/c1-3-6-14-16(11-13(8-9-22)26-18-15(21)7-5-10-23-18)24-12-25-17(14)27-28-19(29)20(30)31-4-2/h5,7-10,12,22H,3-4,6,11H2,1-2H3,(H,23,26)(H,28,29)(H,24,25,27)/b13-8-,22-9?. The number of ether oxygens (including phenoxy) is 1. The molecule has 0 saturated carbocycles. The van der Waals surface area contributed by atoms with Gasteiger partial charge in [-0.3, -0.25) is 15.6 Å². The minimum absolute atomic E-state index is 0.104. The lowest BCUT2D eigenvalue weighted by Crippen LogP contribution is -2.37. The summed E-state index contributed by atoms with van der Waals surface area (Å²) in [5.74, 6) is -0.905. The summed E-state index contributed by atoms with van der Waals surface area (Å²) in [7, 11) is 0. The highest BCUT2D eigenvalue weighted by Gasteiger charge is 2.17. The molecule has 0 bridgehead atoms. The second-order valence-corrected chi connectivity index (χ2v) is 7.05. The number of hydrogen-bond acceptors (Lipinski definition) is 9. The number of amides is 1. The minimum Gasteiger partial charge on any atom is -0.459 e. The van der Waals surface area contributed by atoms with Crippen LogP contribution in [-0.4, -0.2) is 39.6 Å². The van der Waals surface area contributed by atoms with Crippen molar-refractivity contribution in [3.05, 3.63) is 52.2 Å². The smallest absolute Gasteiger partial charge is 0.398 e. The molecule has 0 radical (unpaired) electrons. The first-order valence-corrected chi connectivity index (χ1v) is 10.4. The van der Waals surface area contributed by atoms with Crippen molar-refractivity contribution in [3.8, 4) is 0 Å². The molecular weight excluding hydrogens is 466 g/mol. The van der Waals surface area contributed by atoms with Gasteiger partial charge in [-0.2, -0.15) is 0 Å². The van der Waals surface area contributed by atoms with Crippen molar-refractivity contribution in [2.24, 2.45) is 0 Å². The Morgan fingerprint density at radius 1 is 1.23 bits per heavy atom. The highest BCUT2D eigenvalue weighted by Crippen LogP contribution is 2.23. The van der Waals surface area contributed by atoms with Crippen molar-refractivity contribution in [1.29, 1.82) is 5.41 Å². The van der Waals surface area contributed by atoms with E-state index in [-0.39, 0.29) is 6.61 Å². The van der Waals surface area contributed by atoms with Gasteiger partial charge >= 0.3 is 11.9 Å². The van der Waals surface area contributed by atoms with Crippen molar-refractivity contribution < 1.29 is 14.3 Å². The number of anilines is 2. The van der Waals surface area contributed by atoms with Crippen LogP contribution in [0.3, 0.4) is 0 Å². The van der Waals surface area contributed by atoms with Crippen molar-refractivity contribution in [2.75, 3.05) is 17.3 Å². The van der Waals surface area contributed by atoms with E-state index in [1.807, 2.05) is 19.1 Å². The molecule has 0 fully saturated rings. The summed E-state index contributed by atoms with van der Waals surface area (Å²) >= 11 is 3.45. The zero-order chi connectivity index (χ0) is 22.6. The zero-order valence-corrected chi connectivity index (χ0v) is 18.8. The van der Waals surface area contributed by atoms with Crippen molar-refractivity contribution in [2.45, 2.75) is 33.1 Å². The molecule has 0 unspecified atom stereocenters. The lowest BCUT2D eigenvalue weighted by molar-refractivity contribution is -0.154. The third kappa shape index (κ3) is 7.14. The molecule has 31 heavy (non-hydrogen) atoms. The molecule has 2 rings (SSSR count). The quantitative estimate of drug-likeness (QED) is 0.172. The van der Waals surface area contributed by atoms with E-state index < -0.39 is 11.9 Å². The molecule has 2 heterocycles. The average molecular weight is 490 g/mol. The topological polar surface area (TPSA) is 142 Å². The van der Waals surface area contributed by atoms with Gasteiger partial charge in [-0.15, -0.1) is 0 Å². The summed E-state index contributed by atoms with van der Waals surface area (Å²) in [5, 5.41) is 10.7. The van der Waals surface area contributed by atoms with Crippen LogP contribution in [0.5, 0.6) is 0 Å². The molecule has 11 heteroatoms. The molecular formula is C20H24BrN7O3. The number of carbonyl (C=O) groups is 2. The second-order valence-electron chi connectivity index (χ2n) is 6.19. The number of pyridine rings is 1. The van der Waals surface area contributed by atoms with E-state index in [9.17, 15) is 9.59 Å². The Morgan fingerprint density at radius 2 is 2.03 bits per heavy atom. The Kier molecular flexibility index (Phi) is 9.56. The maximum atomic E-state index is 11.8. The van der Waals surface area contributed by atoms with Crippen LogP contribution in [0.4, 0.5) is 11.6 Å². The first-order valence-electron chi connectivity index (χ1n) is 9.63. The highest BCUT2D eigenvalue weighted by molar-refractivity contribution is 9.10. The van der Waals surface area contributed by atoms with Gasteiger partial charge in [-0.25, -0.2) is 19.7 Å². The fraction of sp³-hybridized carbons (Fsp3) is 0.300. The summed E-state index contributed by atoms with van der Waals surface area (Å²) in [6, 6.07) is 3.67. The highest BCUT2D eigenvalue weighted by atomic mass is 79.9. The monoisotopic (exact) mass is 489 g/mol. The summed E-state index contributed by atoms with van der Waals surface area (Å²) < 4.78 is 5.45. The number of hydrogen-bond donors (Lipinski definition) is 4. The summed E-state index contributed by atoms with van der Waals surface area (Å²) in [6.07, 6.45) is 7.65. The predicted molar refractivity (Wildman–Crippen MR) is 121 cm³/mol. The van der Waals surface area contributed by atoms with E-state index in [1.165, 1.54) is 12.5 Å². The molecule has 164 valence electrons. The van der Waals surface area contributed by atoms with Crippen LogP contribution in [0.25, 0.3) is 0 Å². The van der Waals surface area contributed by atoms with Crippen LogP contribution in [0, 0.1) is 5.41 Å². The SMILES string of the molecule is CCCc1c(C/C(=C/C=N)Nc2ncccc2Br)ncnc1NNC(=O)C(=O)OCC. The van der Waals surface area contributed by atoms with Crippen LogP contribution in [0.2, 0.25) is 0 Å². The Hall–Kier alpha value is -3.34. The molecule has 2 aromatic heterocycles. The van der Waals surface area contributed by atoms with Gasteiger partial charge in [0.2, 0.25) is 0 Å². The third-order valence-corrected chi connectivity index (χ3v) is 4.61. The number of nitrogens with zero attached hydrogens (tertiary/aromatic N) is 3. The third-order valence-electron chi connectivity index (χ3n) is 3.97. The second kappa shape index (κ2) is 12.4. The van der Waals surface area contributed by atoms with E-state index in [2.05, 4.69) is 51.8 Å². The molecule has 0 aliphatic carbocycles. The van der Waals surface area contributed by atoms with Crippen LogP contribution in [0.1, 0.15) is 31.5 Å². The van der Waals surface area contributed by atoms with Crippen LogP contribution in [-0.2, 0) is 27.2 Å². The van der Waals surface area contributed by atoms with Gasteiger partial charge in [0.15, 0.2) is 5.82 Å². The fourth-order valence-electron chi connectivity index (χ4n) is 2.64. The van der Waals surface area contributed by atoms with Crippen LogP contribution in [0.15, 0.2) is 40.9 Å². The number of nitrogens with one attached hydrogen (secondary N) is 4. The van der Waals surface area contributed by atoms with E-state index in [1.54, 1.807) is 19.2 Å². The lowest BCUT2D eigenvalue weighted by Gasteiger charge is -2.16. The van der Waals surface area contributed by atoms with Crippen LogP contribution < -0.4 is 16.2 Å². The first kappa shape index (κ1) is 23.9. The Labute approximate surface area is 188 Å². The van der Waals surface area contributed by atoms with Gasteiger partial charge in [-0.05, 0) is 47.5 Å². The number of aromatic nitrogens is 3. The van der Waals surface area contributed by atoms with E-state index in [4.69, 9.17) is 5.41 Å². The van der Waals surface area contributed by atoms with E-state index in [0.29, 0.717) is 35.9 Å². The Morgan fingerprint density at radius 3 is 2.71 bits per heavy atom. The van der Waals surface area contributed by atoms with Gasteiger partial charge in [-0.1, -0.05) is 13.3 Å². The maximum absolute atomic E-state index is 11.8. The minimum atomic E-state index is -0.984. The number of halogens is 1. The van der Waals surface area contributed by atoms with Gasteiger partial charge in [0, 0.05) is 30.1 Å². The number of carbonyl (C=O) groups excluding carboxylic acids is 2. The molecule has 0 aliphatic heterocycles. The summed E-state index contributed by atoms with van der Waals surface area (Å²) in [6.45, 7) is 3.73. The molecule has 4 N–H and O–H groups in total. The molecule has 10 nitrogen and oxygen atoms in total. The van der Waals surface area contributed by atoms with Gasteiger partial charge in [0.25, 0.3) is 0 Å². The van der Waals surface area contributed by atoms with Crippen molar-refractivity contribution in [3.63, 3.8) is 0 Å². The van der Waals surface area contributed by atoms with Crippen LogP contribution >= 0.6 is 15.9 Å². The summed E-state index contributed by atoms with van der Waals surface area (Å²) in [4.78, 5) is 36.2. The number of hydrazine groups is 1.